The third-order valence-electron chi connectivity index (χ3n) is 8.24. The van der Waals surface area contributed by atoms with E-state index in [9.17, 15) is 18.0 Å². The maximum absolute atomic E-state index is 14.5. The summed E-state index contributed by atoms with van der Waals surface area (Å²) >= 11 is 12.7. The van der Waals surface area contributed by atoms with Gasteiger partial charge in [0, 0.05) is 28.7 Å². The molecule has 1 N–H and O–H groups in total. The lowest BCUT2D eigenvalue weighted by atomic mass is 9.95. The summed E-state index contributed by atoms with van der Waals surface area (Å²) < 4.78 is 40.6. The number of benzene rings is 3. The van der Waals surface area contributed by atoms with Gasteiger partial charge in [0.2, 0.25) is 11.8 Å². The molecule has 1 aliphatic rings. The minimum atomic E-state index is -4.31. The van der Waals surface area contributed by atoms with Crippen molar-refractivity contribution in [1.29, 1.82) is 0 Å². The maximum atomic E-state index is 14.5. The van der Waals surface area contributed by atoms with Gasteiger partial charge in [-0.1, -0.05) is 73.2 Å². The summed E-state index contributed by atoms with van der Waals surface area (Å²) in [5.74, 6) is -0.300. The Labute approximate surface area is 281 Å². The van der Waals surface area contributed by atoms with Crippen molar-refractivity contribution in [2.75, 3.05) is 25.1 Å². The lowest BCUT2D eigenvalue weighted by molar-refractivity contribution is -0.140. The molecule has 12 heteroatoms. The zero-order valence-electron chi connectivity index (χ0n) is 26.6. The van der Waals surface area contributed by atoms with E-state index in [0.717, 1.165) is 42.0 Å². The molecule has 3 aromatic carbocycles. The second kappa shape index (κ2) is 15.9. The van der Waals surface area contributed by atoms with Crippen LogP contribution in [0.25, 0.3) is 0 Å². The molecule has 3 aromatic rings. The number of hydrogen-bond donors (Lipinski definition) is 1. The van der Waals surface area contributed by atoms with Crippen molar-refractivity contribution in [3.63, 3.8) is 0 Å². The number of anilines is 1. The summed E-state index contributed by atoms with van der Waals surface area (Å²) in [4.78, 5) is 29.7. The molecule has 1 atom stereocenters. The van der Waals surface area contributed by atoms with E-state index in [1.165, 1.54) is 37.3 Å². The zero-order valence-corrected chi connectivity index (χ0v) is 28.9. The standard InChI is InChI=1S/C34H41Cl2N3O6S/c1-5-30(34(41)37-26-9-7-6-8-10-26)38(21-24-13-14-25(35)19-29(24)36)33(40)22-39(31-20-27(44-3)15-18-32(31)45-4)46(42,43)28-16-11-23(2)12-17-28/h11-20,26,30H,5-10,21-22H2,1-4H3,(H,37,41)/t30-/m0/s1. The second-order valence-corrected chi connectivity index (χ2v) is 14.1. The SMILES string of the molecule is CC[C@@H](C(=O)NC1CCCCC1)N(Cc1ccc(Cl)cc1Cl)C(=O)CN(c1cc(OC)ccc1OC)S(=O)(=O)c1ccc(C)cc1. The van der Waals surface area contributed by atoms with Gasteiger partial charge >= 0.3 is 0 Å². The van der Waals surface area contributed by atoms with Gasteiger partial charge in [-0.25, -0.2) is 8.42 Å². The third-order valence-corrected chi connectivity index (χ3v) is 10.6. The molecule has 46 heavy (non-hydrogen) atoms. The predicted molar refractivity (Wildman–Crippen MR) is 181 cm³/mol. The van der Waals surface area contributed by atoms with Crippen LogP contribution < -0.4 is 19.1 Å². The van der Waals surface area contributed by atoms with Crippen molar-refractivity contribution in [2.45, 2.75) is 75.9 Å². The Morgan fingerprint density at radius 2 is 1.65 bits per heavy atom. The first-order valence-electron chi connectivity index (χ1n) is 15.3. The smallest absolute Gasteiger partial charge is 0.264 e. The highest BCUT2D eigenvalue weighted by Gasteiger charge is 2.36. The number of rotatable bonds is 13. The van der Waals surface area contributed by atoms with Gasteiger partial charge < -0.3 is 19.7 Å². The van der Waals surface area contributed by atoms with Crippen LogP contribution in [0.4, 0.5) is 5.69 Å². The number of nitrogens with zero attached hydrogens (tertiary/aromatic N) is 2. The lowest BCUT2D eigenvalue weighted by Gasteiger charge is -2.35. The van der Waals surface area contributed by atoms with Crippen LogP contribution in [0.1, 0.15) is 56.6 Å². The number of sulfonamides is 1. The molecule has 0 bridgehead atoms. The molecule has 0 aliphatic heterocycles. The molecule has 0 heterocycles. The Kier molecular flexibility index (Phi) is 12.2. The molecule has 248 valence electrons. The van der Waals surface area contributed by atoms with Crippen LogP contribution in [-0.2, 0) is 26.2 Å². The summed E-state index contributed by atoms with van der Waals surface area (Å²) in [5.41, 5.74) is 1.55. The average Bonchev–Trinajstić information content (AvgIpc) is 3.04. The molecule has 2 amide bonds. The normalized spacial score (nSPS) is 14.3. The number of carbonyl (C=O) groups excluding carboxylic acids is 2. The molecule has 1 aliphatic carbocycles. The van der Waals surface area contributed by atoms with Crippen molar-refractivity contribution < 1.29 is 27.5 Å². The van der Waals surface area contributed by atoms with E-state index in [1.54, 1.807) is 42.5 Å². The second-order valence-electron chi connectivity index (χ2n) is 11.4. The van der Waals surface area contributed by atoms with Gasteiger partial charge in [-0.15, -0.1) is 0 Å². The molecule has 0 unspecified atom stereocenters. The Balaban J connectivity index is 1.79. The van der Waals surface area contributed by atoms with E-state index in [0.29, 0.717) is 27.8 Å². The van der Waals surface area contributed by atoms with E-state index < -0.39 is 28.5 Å². The Morgan fingerprint density at radius 3 is 2.26 bits per heavy atom. The molecule has 0 aromatic heterocycles. The van der Waals surface area contributed by atoms with Crippen molar-refractivity contribution >= 4 is 50.7 Å². The molecule has 4 rings (SSSR count). The fourth-order valence-electron chi connectivity index (χ4n) is 5.64. The largest absolute Gasteiger partial charge is 0.497 e. The number of carbonyl (C=O) groups is 2. The van der Waals surface area contributed by atoms with Gasteiger partial charge in [0.15, 0.2) is 0 Å². The number of aryl methyl sites for hydroxylation is 1. The number of methoxy groups -OCH3 is 2. The fraction of sp³-hybridized carbons (Fsp3) is 0.412. The van der Waals surface area contributed by atoms with Gasteiger partial charge in [0.25, 0.3) is 10.0 Å². The molecule has 0 radical (unpaired) electrons. The number of ether oxygens (including phenoxy) is 2. The van der Waals surface area contributed by atoms with Crippen LogP contribution in [0.15, 0.2) is 65.6 Å². The van der Waals surface area contributed by atoms with E-state index in [2.05, 4.69) is 5.32 Å². The summed E-state index contributed by atoms with van der Waals surface area (Å²) in [5, 5.41) is 3.89. The number of nitrogens with one attached hydrogen (secondary N) is 1. The van der Waals surface area contributed by atoms with Gasteiger partial charge in [-0.05, 0) is 68.1 Å². The number of hydrogen-bond acceptors (Lipinski definition) is 6. The third kappa shape index (κ3) is 8.46. The van der Waals surface area contributed by atoms with Gasteiger partial charge in [-0.3, -0.25) is 13.9 Å². The van der Waals surface area contributed by atoms with Crippen LogP contribution in [0.5, 0.6) is 11.5 Å². The Morgan fingerprint density at radius 1 is 0.957 bits per heavy atom. The van der Waals surface area contributed by atoms with Gasteiger partial charge in [0.05, 0.1) is 24.8 Å². The van der Waals surface area contributed by atoms with Crippen LogP contribution in [0.2, 0.25) is 10.0 Å². The van der Waals surface area contributed by atoms with Crippen molar-refractivity contribution in [3.8, 4) is 11.5 Å². The Bertz CT molecular complexity index is 1630. The fourth-order valence-corrected chi connectivity index (χ4v) is 7.52. The first-order valence-corrected chi connectivity index (χ1v) is 17.5. The molecular formula is C34H41Cl2N3O6S. The van der Waals surface area contributed by atoms with Crippen LogP contribution in [0.3, 0.4) is 0 Å². The van der Waals surface area contributed by atoms with Gasteiger partial charge in [-0.2, -0.15) is 0 Å². The summed E-state index contributed by atoms with van der Waals surface area (Å²) in [6.07, 6.45) is 5.22. The van der Waals surface area contributed by atoms with Crippen LogP contribution >= 0.6 is 23.2 Å². The number of halogens is 2. The predicted octanol–water partition coefficient (Wildman–Crippen LogP) is 6.77. The molecule has 1 saturated carbocycles. The van der Waals surface area contributed by atoms with Crippen LogP contribution in [-0.4, -0.2) is 58.0 Å². The van der Waals surface area contributed by atoms with Gasteiger partial charge in [0.1, 0.15) is 24.1 Å². The quantitative estimate of drug-likeness (QED) is 0.212. The van der Waals surface area contributed by atoms with E-state index in [1.807, 2.05) is 13.8 Å². The molecule has 1 fully saturated rings. The maximum Gasteiger partial charge on any atom is 0.264 e. The summed E-state index contributed by atoms with van der Waals surface area (Å²) in [6.45, 7) is 3.00. The van der Waals surface area contributed by atoms with Crippen molar-refractivity contribution in [1.82, 2.24) is 10.2 Å². The first kappa shape index (κ1) is 35.4. The highest BCUT2D eigenvalue weighted by Crippen LogP contribution is 2.36. The highest BCUT2D eigenvalue weighted by atomic mass is 35.5. The Hall–Kier alpha value is -3.47. The summed E-state index contributed by atoms with van der Waals surface area (Å²) in [7, 11) is -1.43. The van der Waals surface area contributed by atoms with E-state index in [4.69, 9.17) is 32.7 Å². The molecular weight excluding hydrogens is 649 g/mol. The molecule has 0 saturated heterocycles. The van der Waals surface area contributed by atoms with Crippen LogP contribution in [0, 0.1) is 6.92 Å². The zero-order chi connectivity index (χ0) is 33.4. The number of amides is 2. The van der Waals surface area contributed by atoms with E-state index >= 15 is 0 Å². The van der Waals surface area contributed by atoms with Crippen molar-refractivity contribution in [3.05, 3.63) is 81.8 Å². The highest BCUT2D eigenvalue weighted by molar-refractivity contribution is 7.92. The monoisotopic (exact) mass is 689 g/mol. The van der Waals surface area contributed by atoms with E-state index in [-0.39, 0.29) is 34.8 Å². The first-order chi connectivity index (χ1) is 22.0. The average molecular weight is 691 g/mol. The topological polar surface area (TPSA) is 105 Å². The summed E-state index contributed by atoms with van der Waals surface area (Å²) in [6, 6.07) is 15.1. The lowest BCUT2D eigenvalue weighted by Crippen LogP contribution is -2.54. The molecule has 0 spiro atoms. The van der Waals surface area contributed by atoms with Crippen molar-refractivity contribution in [2.24, 2.45) is 0 Å². The minimum absolute atomic E-state index is 0.00912. The molecule has 9 nitrogen and oxygen atoms in total. The minimum Gasteiger partial charge on any atom is -0.497 e.